The van der Waals surface area contributed by atoms with Crippen LogP contribution in [0.3, 0.4) is 0 Å². The number of nitrogens with zero attached hydrogens (tertiary/aromatic N) is 1. The van der Waals surface area contributed by atoms with Gasteiger partial charge < -0.3 is 19.9 Å². The monoisotopic (exact) mass is 491 g/mol. The van der Waals surface area contributed by atoms with E-state index in [2.05, 4.69) is 10.3 Å². The molecule has 0 atom stereocenters. The highest BCUT2D eigenvalue weighted by Crippen LogP contribution is 2.34. The zero-order valence-corrected chi connectivity index (χ0v) is 19.4. The van der Waals surface area contributed by atoms with Gasteiger partial charge in [-0.1, -0.05) is 18.2 Å². The number of nitrogens with one attached hydrogen (secondary N) is 2. The third-order valence-electron chi connectivity index (χ3n) is 5.09. The number of ether oxygens (including phenoxy) is 1. The van der Waals surface area contributed by atoms with Gasteiger partial charge in [-0.3, -0.25) is 9.59 Å². The zero-order valence-electron chi connectivity index (χ0n) is 19.4. The lowest BCUT2D eigenvalue weighted by atomic mass is 10.0. The maximum atomic E-state index is 14.8. The topological polar surface area (TPSA) is 74.4 Å². The molecule has 35 heavy (non-hydrogen) atoms. The summed E-state index contributed by atoms with van der Waals surface area (Å²) in [4.78, 5) is 28.2. The molecule has 10 heteroatoms. The summed E-state index contributed by atoms with van der Waals surface area (Å²) in [6.45, 7) is 2.14. The van der Waals surface area contributed by atoms with Crippen molar-refractivity contribution in [1.29, 1.82) is 0 Å². The van der Waals surface area contributed by atoms with E-state index >= 15 is 0 Å². The van der Waals surface area contributed by atoms with Crippen molar-refractivity contribution in [3.8, 4) is 16.9 Å². The minimum absolute atomic E-state index is 0.0311. The molecule has 0 aliphatic carbocycles. The van der Waals surface area contributed by atoms with Crippen molar-refractivity contribution in [2.75, 3.05) is 26.0 Å². The summed E-state index contributed by atoms with van der Waals surface area (Å²) >= 11 is 0. The van der Waals surface area contributed by atoms with Crippen LogP contribution in [0.5, 0.6) is 5.75 Å². The maximum absolute atomic E-state index is 14.8. The van der Waals surface area contributed by atoms with Crippen LogP contribution in [0.25, 0.3) is 11.1 Å². The summed E-state index contributed by atoms with van der Waals surface area (Å²) in [6.07, 6.45) is -3.56. The van der Waals surface area contributed by atoms with Gasteiger partial charge in [0.1, 0.15) is 11.6 Å². The summed E-state index contributed by atoms with van der Waals surface area (Å²) < 4.78 is 60.7. The van der Waals surface area contributed by atoms with Gasteiger partial charge in [0.05, 0.1) is 18.6 Å². The van der Waals surface area contributed by atoms with Gasteiger partial charge in [0.15, 0.2) is 0 Å². The summed E-state index contributed by atoms with van der Waals surface area (Å²) in [6, 6.07) is 9.02. The first kappa shape index (κ1) is 26.0. The molecular formula is C25H25F4N3O3. The number of rotatable bonds is 8. The Morgan fingerprint density at radius 1 is 1.09 bits per heavy atom. The van der Waals surface area contributed by atoms with Crippen molar-refractivity contribution < 1.29 is 27.1 Å². The van der Waals surface area contributed by atoms with E-state index in [1.807, 2.05) is 0 Å². The predicted molar refractivity (Wildman–Crippen MR) is 125 cm³/mol. The van der Waals surface area contributed by atoms with Crippen molar-refractivity contribution in [3.63, 3.8) is 0 Å². The first-order valence-electron chi connectivity index (χ1n) is 10.8. The number of amides is 1. The van der Waals surface area contributed by atoms with Gasteiger partial charge in [0, 0.05) is 30.1 Å². The number of pyridine rings is 1. The van der Waals surface area contributed by atoms with Crippen LogP contribution in [-0.4, -0.2) is 36.5 Å². The van der Waals surface area contributed by atoms with E-state index in [0.717, 1.165) is 6.07 Å². The lowest BCUT2D eigenvalue weighted by molar-refractivity contribution is -0.138. The standard InChI is InChI=1S/C25H25F4N3O3/c1-4-35-22-12-23(33)30-13-19(22)15-5-6-16(21(26)9-15)10-24(34)31-18-8-7-17(14-32(2)3)20(11-18)25(27,28)29/h5-9,11-13H,4,10,14H2,1-3H3,(H,30,33)(H,31,34). The van der Waals surface area contributed by atoms with Crippen LogP contribution >= 0.6 is 0 Å². The summed E-state index contributed by atoms with van der Waals surface area (Å²) in [5, 5.41) is 2.41. The molecule has 0 spiro atoms. The minimum Gasteiger partial charge on any atom is -0.493 e. The quantitative estimate of drug-likeness (QED) is 0.442. The molecule has 0 radical (unpaired) electrons. The number of carbonyl (C=O) groups excluding carboxylic acids is 1. The van der Waals surface area contributed by atoms with Crippen LogP contribution in [0.2, 0.25) is 0 Å². The van der Waals surface area contributed by atoms with Gasteiger partial charge in [-0.05, 0) is 55.9 Å². The van der Waals surface area contributed by atoms with Crippen molar-refractivity contribution >= 4 is 11.6 Å². The zero-order chi connectivity index (χ0) is 25.8. The number of carbonyl (C=O) groups is 1. The highest BCUT2D eigenvalue weighted by molar-refractivity contribution is 5.92. The average Bonchev–Trinajstić information content (AvgIpc) is 2.75. The second-order valence-corrected chi connectivity index (χ2v) is 8.15. The molecule has 0 saturated heterocycles. The fraction of sp³-hybridized carbons (Fsp3) is 0.280. The van der Waals surface area contributed by atoms with Crippen LogP contribution in [0, 0.1) is 5.82 Å². The highest BCUT2D eigenvalue weighted by Gasteiger charge is 2.33. The molecule has 1 amide bonds. The molecule has 1 aromatic heterocycles. The number of aromatic nitrogens is 1. The van der Waals surface area contributed by atoms with E-state index in [1.54, 1.807) is 32.0 Å². The number of halogens is 4. The van der Waals surface area contributed by atoms with Crippen LogP contribution in [0.1, 0.15) is 23.6 Å². The second kappa shape index (κ2) is 10.7. The first-order chi connectivity index (χ1) is 16.5. The van der Waals surface area contributed by atoms with Gasteiger partial charge in [0.25, 0.3) is 5.56 Å². The Labute approximate surface area is 199 Å². The Morgan fingerprint density at radius 2 is 1.80 bits per heavy atom. The Kier molecular flexibility index (Phi) is 7.96. The third-order valence-corrected chi connectivity index (χ3v) is 5.09. The summed E-state index contributed by atoms with van der Waals surface area (Å²) in [5.74, 6) is -1.05. The Bertz CT molecular complexity index is 1270. The number of hydrogen-bond acceptors (Lipinski definition) is 4. The van der Waals surface area contributed by atoms with E-state index in [4.69, 9.17) is 4.74 Å². The number of aromatic amines is 1. The third kappa shape index (κ3) is 6.69. The normalized spacial score (nSPS) is 11.5. The van der Waals surface area contributed by atoms with Gasteiger partial charge >= 0.3 is 6.18 Å². The molecule has 0 saturated carbocycles. The molecule has 0 aliphatic heterocycles. The van der Waals surface area contributed by atoms with Gasteiger partial charge in [0.2, 0.25) is 5.91 Å². The SMILES string of the molecule is CCOc1cc(=O)[nH]cc1-c1ccc(CC(=O)Nc2ccc(CN(C)C)c(C(F)(F)F)c2)c(F)c1. The minimum atomic E-state index is -4.59. The molecule has 186 valence electrons. The Hall–Kier alpha value is -3.66. The molecule has 0 bridgehead atoms. The molecule has 3 aromatic rings. The molecule has 0 aliphatic rings. The second-order valence-electron chi connectivity index (χ2n) is 8.15. The number of benzene rings is 2. The number of hydrogen-bond donors (Lipinski definition) is 2. The molecule has 3 rings (SSSR count). The van der Waals surface area contributed by atoms with Crippen LogP contribution < -0.4 is 15.6 Å². The average molecular weight is 491 g/mol. The predicted octanol–water partition coefficient (Wildman–Crippen LogP) is 4.84. The summed E-state index contributed by atoms with van der Waals surface area (Å²) in [7, 11) is 3.31. The Morgan fingerprint density at radius 3 is 2.43 bits per heavy atom. The fourth-order valence-electron chi connectivity index (χ4n) is 3.59. The van der Waals surface area contributed by atoms with Gasteiger partial charge in [-0.25, -0.2) is 4.39 Å². The Balaban J connectivity index is 1.79. The fourth-order valence-corrected chi connectivity index (χ4v) is 3.59. The lowest BCUT2D eigenvalue weighted by Gasteiger charge is -2.18. The molecular weight excluding hydrogens is 466 g/mol. The number of H-pyrrole nitrogens is 1. The van der Waals surface area contributed by atoms with Crippen LogP contribution in [0.4, 0.5) is 23.2 Å². The van der Waals surface area contributed by atoms with Crippen molar-refractivity contribution in [2.24, 2.45) is 0 Å². The van der Waals surface area contributed by atoms with E-state index in [0.29, 0.717) is 23.5 Å². The van der Waals surface area contributed by atoms with E-state index in [1.165, 1.54) is 36.5 Å². The first-order valence-corrected chi connectivity index (χ1v) is 10.8. The molecule has 1 heterocycles. The molecule has 2 aromatic carbocycles. The molecule has 0 fully saturated rings. The van der Waals surface area contributed by atoms with Crippen molar-refractivity contribution in [3.05, 3.63) is 81.5 Å². The van der Waals surface area contributed by atoms with E-state index in [-0.39, 0.29) is 35.3 Å². The maximum Gasteiger partial charge on any atom is 0.416 e. The van der Waals surface area contributed by atoms with Crippen molar-refractivity contribution in [1.82, 2.24) is 9.88 Å². The highest BCUT2D eigenvalue weighted by atomic mass is 19.4. The van der Waals surface area contributed by atoms with Crippen molar-refractivity contribution in [2.45, 2.75) is 26.1 Å². The van der Waals surface area contributed by atoms with E-state index in [9.17, 15) is 27.2 Å². The lowest BCUT2D eigenvalue weighted by Crippen LogP contribution is -2.19. The molecule has 6 nitrogen and oxygen atoms in total. The largest absolute Gasteiger partial charge is 0.493 e. The molecule has 0 unspecified atom stereocenters. The van der Waals surface area contributed by atoms with Crippen LogP contribution in [0.15, 0.2) is 53.5 Å². The smallest absolute Gasteiger partial charge is 0.416 e. The summed E-state index contributed by atoms with van der Waals surface area (Å²) in [5.41, 5.74) is -0.197. The number of anilines is 1. The van der Waals surface area contributed by atoms with Gasteiger partial charge in [-0.2, -0.15) is 13.2 Å². The number of alkyl halides is 3. The van der Waals surface area contributed by atoms with Gasteiger partial charge in [-0.15, -0.1) is 0 Å². The van der Waals surface area contributed by atoms with Crippen LogP contribution in [-0.2, 0) is 23.9 Å². The van der Waals surface area contributed by atoms with E-state index < -0.39 is 23.5 Å². The molecule has 2 N–H and O–H groups in total.